The summed E-state index contributed by atoms with van der Waals surface area (Å²) in [5.74, 6) is -0.327. The number of aryl methyl sites for hydroxylation is 1. The lowest BCUT2D eigenvalue weighted by Crippen LogP contribution is -2.28. The smallest absolute Gasteiger partial charge is 0.321 e. The third-order valence-electron chi connectivity index (χ3n) is 2.28. The SMILES string of the molecule is Cc1csc(NC(=O)NCc2ccc(F)c(Br)c2)n1. The van der Waals surface area contributed by atoms with Crippen LogP contribution in [0.1, 0.15) is 11.3 Å². The Kier molecular flexibility index (Phi) is 4.49. The molecule has 0 spiro atoms. The number of anilines is 1. The van der Waals surface area contributed by atoms with E-state index >= 15 is 0 Å². The summed E-state index contributed by atoms with van der Waals surface area (Å²) >= 11 is 4.46. The summed E-state index contributed by atoms with van der Waals surface area (Å²) in [6, 6.07) is 4.26. The first-order valence-electron chi connectivity index (χ1n) is 5.45. The maximum absolute atomic E-state index is 13.0. The van der Waals surface area contributed by atoms with Crippen molar-refractivity contribution in [2.45, 2.75) is 13.5 Å². The fraction of sp³-hybridized carbons (Fsp3) is 0.167. The average molecular weight is 344 g/mol. The molecule has 19 heavy (non-hydrogen) atoms. The quantitative estimate of drug-likeness (QED) is 0.893. The van der Waals surface area contributed by atoms with Crippen LogP contribution in [0.25, 0.3) is 0 Å². The Balaban J connectivity index is 1.88. The monoisotopic (exact) mass is 343 g/mol. The predicted octanol–water partition coefficient (Wildman–Crippen LogP) is 3.67. The predicted molar refractivity (Wildman–Crippen MR) is 76.8 cm³/mol. The van der Waals surface area contributed by atoms with Gasteiger partial charge < -0.3 is 5.32 Å². The third kappa shape index (κ3) is 4.00. The minimum Gasteiger partial charge on any atom is -0.334 e. The van der Waals surface area contributed by atoms with Crippen LogP contribution in [0.4, 0.5) is 14.3 Å². The van der Waals surface area contributed by atoms with Crippen LogP contribution in [0, 0.1) is 12.7 Å². The first-order chi connectivity index (χ1) is 9.04. The van der Waals surface area contributed by atoms with Crippen LogP contribution in [-0.4, -0.2) is 11.0 Å². The third-order valence-corrected chi connectivity index (χ3v) is 3.76. The van der Waals surface area contributed by atoms with E-state index in [-0.39, 0.29) is 11.8 Å². The molecule has 7 heteroatoms. The van der Waals surface area contributed by atoms with E-state index in [1.807, 2.05) is 12.3 Å². The van der Waals surface area contributed by atoms with Gasteiger partial charge in [-0.05, 0) is 40.5 Å². The van der Waals surface area contributed by atoms with Crippen molar-refractivity contribution >= 4 is 38.4 Å². The molecule has 2 N–H and O–H groups in total. The number of hydrogen-bond donors (Lipinski definition) is 2. The number of thiazole rings is 1. The number of nitrogens with zero attached hydrogens (tertiary/aromatic N) is 1. The molecule has 4 nitrogen and oxygen atoms in total. The Labute approximate surface area is 122 Å². The first-order valence-corrected chi connectivity index (χ1v) is 7.13. The fourth-order valence-corrected chi connectivity index (χ4v) is 2.49. The van der Waals surface area contributed by atoms with Gasteiger partial charge in [0.2, 0.25) is 0 Å². The van der Waals surface area contributed by atoms with Gasteiger partial charge in [-0.25, -0.2) is 14.2 Å². The molecule has 1 aromatic heterocycles. The summed E-state index contributed by atoms with van der Waals surface area (Å²) in [6.45, 7) is 2.17. The highest BCUT2D eigenvalue weighted by molar-refractivity contribution is 9.10. The Morgan fingerprint density at radius 3 is 2.95 bits per heavy atom. The van der Waals surface area contributed by atoms with Crippen molar-refractivity contribution in [3.63, 3.8) is 0 Å². The van der Waals surface area contributed by atoms with E-state index in [1.165, 1.54) is 17.4 Å². The molecule has 2 rings (SSSR count). The summed E-state index contributed by atoms with van der Waals surface area (Å²) in [5.41, 5.74) is 1.67. The van der Waals surface area contributed by atoms with Crippen molar-refractivity contribution in [1.29, 1.82) is 0 Å². The molecule has 0 radical (unpaired) electrons. The normalized spacial score (nSPS) is 10.3. The molecule has 1 heterocycles. The number of hydrogen-bond acceptors (Lipinski definition) is 3. The lowest BCUT2D eigenvalue weighted by Gasteiger charge is -2.06. The molecule has 0 saturated heterocycles. The second-order valence-corrected chi connectivity index (χ2v) is 5.56. The van der Waals surface area contributed by atoms with Gasteiger partial charge in [-0.1, -0.05) is 6.07 Å². The van der Waals surface area contributed by atoms with Crippen LogP contribution in [-0.2, 0) is 6.54 Å². The first kappa shape index (κ1) is 14.0. The Morgan fingerprint density at radius 2 is 2.32 bits per heavy atom. The summed E-state index contributed by atoms with van der Waals surface area (Å²) in [4.78, 5) is 15.7. The molecule has 0 aliphatic rings. The fourth-order valence-electron chi connectivity index (χ4n) is 1.38. The van der Waals surface area contributed by atoms with Crippen molar-refractivity contribution in [3.05, 3.63) is 45.1 Å². The number of nitrogens with one attached hydrogen (secondary N) is 2. The lowest BCUT2D eigenvalue weighted by molar-refractivity contribution is 0.251. The van der Waals surface area contributed by atoms with Crippen molar-refractivity contribution < 1.29 is 9.18 Å². The largest absolute Gasteiger partial charge is 0.334 e. The molecule has 100 valence electrons. The van der Waals surface area contributed by atoms with E-state index in [0.717, 1.165) is 11.3 Å². The van der Waals surface area contributed by atoms with E-state index in [2.05, 4.69) is 31.5 Å². The molecule has 0 saturated carbocycles. The van der Waals surface area contributed by atoms with Gasteiger partial charge in [0.05, 0.1) is 10.2 Å². The number of carbonyl (C=O) groups excluding carboxylic acids is 1. The molecule has 1 aromatic carbocycles. The Morgan fingerprint density at radius 1 is 1.53 bits per heavy atom. The van der Waals surface area contributed by atoms with Crippen LogP contribution < -0.4 is 10.6 Å². The number of urea groups is 1. The number of benzene rings is 1. The lowest BCUT2D eigenvalue weighted by atomic mass is 10.2. The molecule has 0 fully saturated rings. The van der Waals surface area contributed by atoms with Crippen LogP contribution >= 0.6 is 27.3 Å². The maximum Gasteiger partial charge on any atom is 0.321 e. The van der Waals surface area contributed by atoms with Crippen LogP contribution in [0.3, 0.4) is 0 Å². The minimum absolute atomic E-state index is 0.315. The number of carbonyl (C=O) groups is 1. The molecule has 2 amide bonds. The average Bonchev–Trinajstić information content (AvgIpc) is 2.76. The number of halogens is 2. The van der Waals surface area contributed by atoms with E-state index in [9.17, 15) is 9.18 Å². The molecular weight excluding hydrogens is 333 g/mol. The maximum atomic E-state index is 13.0. The molecule has 0 aliphatic carbocycles. The van der Waals surface area contributed by atoms with Gasteiger partial charge in [0.25, 0.3) is 0 Å². The Hall–Kier alpha value is -1.47. The van der Waals surface area contributed by atoms with Crippen molar-refractivity contribution in [3.8, 4) is 0 Å². The van der Waals surface area contributed by atoms with Gasteiger partial charge in [0, 0.05) is 11.9 Å². The Bertz CT molecular complexity index is 602. The van der Waals surface area contributed by atoms with Gasteiger partial charge in [-0.15, -0.1) is 11.3 Å². The van der Waals surface area contributed by atoms with Gasteiger partial charge in [-0.3, -0.25) is 5.32 Å². The van der Waals surface area contributed by atoms with Crippen molar-refractivity contribution in [2.24, 2.45) is 0 Å². The standard InChI is InChI=1S/C12H11BrFN3OS/c1-7-6-19-12(16-7)17-11(18)15-5-8-2-3-10(14)9(13)4-8/h2-4,6H,5H2,1H3,(H2,15,16,17,18). The molecular formula is C12H11BrFN3OS. The van der Waals surface area contributed by atoms with Crippen LogP contribution in [0.5, 0.6) is 0 Å². The molecule has 0 aliphatic heterocycles. The minimum atomic E-state index is -0.338. The van der Waals surface area contributed by atoms with Crippen molar-refractivity contribution in [1.82, 2.24) is 10.3 Å². The number of amides is 2. The van der Waals surface area contributed by atoms with Gasteiger partial charge in [0.15, 0.2) is 5.13 Å². The summed E-state index contributed by atoms with van der Waals surface area (Å²) in [7, 11) is 0. The highest BCUT2D eigenvalue weighted by atomic mass is 79.9. The van der Waals surface area contributed by atoms with Gasteiger partial charge in [0.1, 0.15) is 5.82 Å². The van der Waals surface area contributed by atoms with Crippen molar-refractivity contribution in [2.75, 3.05) is 5.32 Å². The van der Waals surface area contributed by atoms with E-state index in [4.69, 9.17) is 0 Å². The summed E-state index contributed by atoms with van der Waals surface area (Å²) in [5, 5.41) is 7.71. The summed E-state index contributed by atoms with van der Waals surface area (Å²) < 4.78 is 13.4. The molecule has 0 bridgehead atoms. The second-order valence-electron chi connectivity index (χ2n) is 3.85. The molecule has 0 unspecified atom stereocenters. The van der Waals surface area contributed by atoms with E-state index < -0.39 is 0 Å². The highest BCUT2D eigenvalue weighted by Gasteiger charge is 2.05. The molecule has 0 atom stereocenters. The van der Waals surface area contributed by atoms with Crippen LogP contribution in [0.2, 0.25) is 0 Å². The summed E-state index contributed by atoms with van der Waals surface area (Å²) in [6.07, 6.45) is 0. The number of rotatable bonds is 3. The topological polar surface area (TPSA) is 54.0 Å². The number of aromatic nitrogens is 1. The van der Waals surface area contributed by atoms with Crippen LogP contribution in [0.15, 0.2) is 28.1 Å². The van der Waals surface area contributed by atoms with Gasteiger partial charge >= 0.3 is 6.03 Å². The van der Waals surface area contributed by atoms with Gasteiger partial charge in [-0.2, -0.15) is 0 Å². The second kappa shape index (κ2) is 6.12. The zero-order valence-electron chi connectivity index (χ0n) is 10.0. The highest BCUT2D eigenvalue weighted by Crippen LogP contribution is 2.17. The molecule has 2 aromatic rings. The zero-order valence-corrected chi connectivity index (χ0v) is 12.4. The van der Waals surface area contributed by atoms with E-state index in [1.54, 1.807) is 12.1 Å². The zero-order chi connectivity index (χ0) is 13.8. The van der Waals surface area contributed by atoms with E-state index in [0.29, 0.717) is 16.1 Å².